The fourth-order valence-electron chi connectivity index (χ4n) is 1.39. The molecule has 0 aliphatic rings. The maximum atomic E-state index is 11.0. The molecule has 82 valence electrons. The molecule has 0 bridgehead atoms. The lowest BCUT2D eigenvalue weighted by atomic mass is 10.2. The first kappa shape index (κ1) is 11.6. The summed E-state index contributed by atoms with van der Waals surface area (Å²) in [5.74, 6) is 0.0975. The number of rotatable bonds is 1. The van der Waals surface area contributed by atoms with Gasteiger partial charge in [-0.3, -0.25) is 9.78 Å². The first-order valence-electron chi connectivity index (χ1n) is 4.50. The minimum Gasteiger partial charge on any atom is -0.423 e. The lowest BCUT2D eigenvalue weighted by Gasteiger charge is -2.08. The van der Waals surface area contributed by atoms with E-state index in [1.165, 1.54) is 6.92 Å². The van der Waals surface area contributed by atoms with Crippen molar-refractivity contribution in [1.29, 1.82) is 0 Å². The zero-order valence-electron chi connectivity index (χ0n) is 8.33. The lowest BCUT2D eigenvalue weighted by molar-refractivity contribution is -0.131. The summed E-state index contributed by atoms with van der Waals surface area (Å²) in [6.07, 6.45) is 1.64. The number of halogens is 2. The molecular weight excluding hydrogens is 340 g/mol. The summed E-state index contributed by atoms with van der Waals surface area (Å²) in [7, 11) is 0. The van der Waals surface area contributed by atoms with Crippen LogP contribution in [0.1, 0.15) is 6.92 Å². The molecule has 5 heteroatoms. The number of carbonyl (C=O) groups is 1. The fraction of sp³-hybridized carbons (Fsp3) is 0.0909. The van der Waals surface area contributed by atoms with Crippen molar-refractivity contribution in [2.24, 2.45) is 0 Å². The van der Waals surface area contributed by atoms with Crippen LogP contribution in [0, 0.1) is 3.57 Å². The summed E-state index contributed by atoms with van der Waals surface area (Å²) >= 11 is 8.15. The Hall–Kier alpha value is -0.880. The van der Waals surface area contributed by atoms with Crippen molar-refractivity contribution in [3.63, 3.8) is 0 Å². The van der Waals surface area contributed by atoms with E-state index < -0.39 is 0 Å². The number of ether oxygens (including phenoxy) is 1. The molecule has 3 nitrogen and oxygen atoms in total. The highest BCUT2D eigenvalue weighted by Gasteiger charge is 2.13. The standard InChI is InChI=1S/C11H7ClINO2/c1-6(15)16-11-9(13)5-8(12)7-3-2-4-14-10(7)11/h2-5H,1H3. The van der Waals surface area contributed by atoms with Crippen molar-refractivity contribution in [2.45, 2.75) is 6.92 Å². The minimum atomic E-state index is -0.368. The Labute approximate surface area is 111 Å². The van der Waals surface area contributed by atoms with E-state index in [1.54, 1.807) is 18.3 Å². The fourth-order valence-corrected chi connectivity index (χ4v) is 2.51. The molecule has 0 aliphatic heterocycles. The second-order valence-electron chi connectivity index (χ2n) is 3.16. The number of pyridine rings is 1. The van der Waals surface area contributed by atoms with Gasteiger partial charge in [0.25, 0.3) is 0 Å². The molecule has 0 spiro atoms. The van der Waals surface area contributed by atoms with Crippen LogP contribution in [0.3, 0.4) is 0 Å². The maximum absolute atomic E-state index is 11.0. The van der Waals surface area contributed by atoms with Crippen LogP contribution in [0.5, 0.6) is 5.75 Å². The molecule has 2 aromatic rings. The largest absolute Gasteiger partial charge is 0.423 e. The van der Waals surface area contributed by atoms with E-state index in [-0.39, 0.29) is 5.97 Å². The molecule has 0 amide bonds. The number of fused-ring (bicyclic) bond motifs is 1. The van der Waals surface area contributed by atoms with Crippen molar-refractivity contribution in [3.8, 4) is 5.75 Å². The van der Waals surface area contributed by atoms with Gasteiger partial charge in [-0.15, -0.1) is 0 Å². The Morgan fingerprint density at radius 1 is 1.56 bits per heavy atom. The SMILES string of the molecule is CC(=O)Oc1c(I)cc(Cl)c2cccnc12. The molecule has 16 heavy (non-hydrogen) atoms. The van der Waals surface area contributed by atoms with Crippen molar-refractivity contribution in [3.05, 3.63) is 33.0 Å². The summed E-state index contributed by atoms with van der Waals surface area (Å²) in [6, 6.07) is 5.39. The molecule has 0 aliphatic carbocycles. The van der Waals surface area contributed by atoms with Gasteiger partial charge in [-0.1, -0.05) is 11.6 Å². The van der Waals surface area contributed by atoms with Gasteiger partial charge in [0.2, 0.25) is 0 Å². The van der Waals surface area contributed by atoms with Gasteiger partial charge < -0.3 is 4.74 Å². The topological polar surface area (TPSA) is 39.2 Å². The van der Waals surface area contributed by atoms with Crippen LogP contribution in [-0.2, 0) is 4.79 Å². The average Bonchev–Trinajstić information content (AvgIpc) is 2.24. The zero-order chi connectivity index (χ0) is 11.7. The summed E-state index contributed by atoms with van der Waals surface area (Å²) in [6.45, 7) is 1.36. The van der Waals surface area contributed by atoms with Crippen LogP contribution in [0.2, 0.25) is 5.02 Å². The molecular formula is C11H7ClINO2. The monoisotopic (exact) mass is 347 g/mol. The van der Waals surface area contributed by atoms with Crippen molar-refractivity contribution in [2.75, 3.05) is 0 Å². The molecule has 0 atom stereocenters. The van der Waals surface area contributed by atoms with Crippen molar-refractivity contribution >= 4 is 51.1 Å². The van der Waals surface area contributed by atoms with Crippen molar-refractivity contribution < 1.29 is 9.53 Å². The van der Waals surface area contributed by atoms with E-state index in [0.717, 1.165) is 8.96 Å². The Balaban J connectivity index is 2.76. The summed E-state index contributed by atoms with van der Waals surface area (Å²) in [5, 5.41) is 1.38. The van der Waals surface area contributed by atoms with E-state index in [0.29, 0.717) is 16.3 Å². The predicted octanol–water partition coefficient (Wildman–Crippen LogP) is 3.42. The van der Waals surface area contributed by atoms with E-state index >= 15 is 0 Å². The van der Waals surface area contributed by atoms with Crippen LogP contribution < -0.4 is 4.74 Å². The van der Waals surface area contributed by atoms with Gasteiger partial charge in [-0.2, -0.15) is 0 Å². The molecule has 0 saturated heterocycles. The predicted molar refractivity (Wildman–Crippen MR) is 70.8 cm³/mol. The number of nitrogens with zero attached hydrogens (tertiary/aromatic N) is 1. The summed E-state index contributed by atoms with van der Waals surface area (Å²) < 4.78 is 5.91. The van der Waals surface area contributed by atoms with Crippen LogP contribution in [0.25, 0.3) is 10.9 Å². The third kappa shape index (κ3) is 2.12. The molecule has 0 unspecified atom stereocenters. The van der Waals surface area contributed by atoms with Gasteiger partial charge in [0.05, 0.1) is 8.59 Å². The quantitative estimate of drug-likeness (QED) is 0.451. The van der Waals surface area contributed by atoms with Crippen LogP contribution >= 0.6 is 34.2 Å². The average molecular weight is 348 g/mol. The number of hydrogen-bond donors (Lipinski definition) is 0. The number of carbonyl (C=O) groups excluding carboxylic acids is 1. The number of hydrogen-bond acceptors (Lipinski definition) is 3. The van der Waals surface area contributed by atoms with Gasteiger partial charge in [0.15, 0.2) is 5.75 Å². The van der Waals surface area contributed by atoms with Crippen LogP contribution in [0.15, 0.2) is 24.4 Å². The molecule has 0 fully saturated rings. The van der Waals surface area contributed by atoms with E-state index in [1.807, 2.05) is 6.07 Å². The van der Waals surface area contributed by atoms with Gasteiger partial charge >= 0.3 is 5.97 Å². The minimum absolute atomic E-state index is 0.368. The third-order valence-electron chi connectivity index (χ3n) is 2.00. The summed E-state index contributed by atoms with van der Waals surface area (Å²) in [4.78, 5) is 15.2. The molecule has 0 radical (unpaired) electrons. The molecule has 0 N–H and O–H groups in total. The molecule has 1 heterocycles. The molecule has 2 rings (SSSR count). The highest BCUT2D eigenvalue weighted by atomic mass is 127. The maximum Gasteiger partial charge on any atom is 0.308 e. The third-order valence-corrected chi connectivity index (χ3v) is 3.11. The molecule has 1 aromatic carbocycles. The van der Waals surface area contributed by atoms with Crippen molar-refractivity contribution in [1.82, 2.24) is 4.98 Å². The normalized spacial score (nSPS) is 10.4. The van der Waals surface area contributed by atoms with E-state index in [9.17, 15) is 4.79 Å². The Bertz CT molecular complexity index is 571. The van der Waals surface area contributed by atoms with E-state index in [2.05, 4.69) is 27.6 Å². The summed E-state index contributed by atoms with van der Waals surface area (Å²) in [5.41, 5.74) is 0.606. The molecule has 1 aromatic heterocycles. The van der Waals surface area contributed by atoms with Gasteiger partial charge in [0, 0.05) is 18.5 Å². The smallest absolute Gasteiger partial charge is 0.308 e. The second kappa shape index (κ2) is 4.55. The van der Waals surface area contributed by atoms with Crippen LogP contribution in [0.4, 0.5) is 0 Å². The number of aromatic nitrogens is 1. The van der Waals surface area contributed by atoms with E-state index in [4.69, 9.17) is 16.3 Å². The lowest BCUT2D eigenvalue weighted by Crippen LogP contribution is -2.04. The highest BCUT2D eigenvalue weighted by Crippen LogP contribution is 2.34. The number of benzene rings is 1. The van der Waals surface area contributed by atoms with Gasteiger partial charge in [-0.25, -0.2) is 0 Å². The zero-order valence-corrected chi connectivity index (χ0v) is 11.2. The van der Waals surface area contributed by atoms with Crippen LogP contribution in [-0.4, -0.2) is 11.0 Å². The van der Waals surface area contributed by atoms with Gasteiger partial charge in [-0.05, 0) is 40.8 Å². The Morgan fingerprint density at radius 2 is 2.31 bits per heavy atom. The molecule has 0 saturated carbocycles. The second-order valence-corrected chi connectivity index (χ2v) is 4.73. The van der Waals surface area contributed by atoms with Gasteiger partial charge in [0.1, 0.15) is 5.52 Å². The Morgan fingerprint density at radius 3 is 3.00 bits per heavy atom. The first-order chi connectivity index (χ1) is 7.59. The Kier molecular flexibility index (Phi) is 3.30. The first-order valence-corrected chi connectivity index (χ1v) is 5.96. The number of esters is 1. The highest BCUT2D eigenvalue weighted by molar-refractivity contribution is 14.1.